The predicted octanol–water partition coefficient (Wildman–Crippen LogP) is 4.23. The second-order valence-corrected chi connectivity index (χ2v) is 5.28. The summed E-state index contributed by atoms with van der Waals surface area (Å²) in [5.41, 5.74) is 0.269. The molecule has 5 heteroatoms. The highest BCUT2D eigenvalue weighted by Crippen LogP contribution is 2.24. The Bertz CT molecular complexity index is 406. The van der Waals surface area contributed by atoms with E-state index in [2.05, 4.69) is 0 Å². The van der Waals surface area contributed by atoms with Crippen molar-refractivity contribution in [3.63, 3.8) is 0 Å². The average Bonchev–Trinajstić information content (AvgIpc) is 2.24. The van der Waals surface area contributed by atoms with Crippen LogP contribution in [0.3, 0.4) is 0 Å². The van der Waals surface area contributed by atoms with Gasteiger partial charge in [-0.15, -0.1) is 23.5 Å². The van der Waals surface area contributed by atoms with Gasteiger partial charge in [0.15, 0.2) is 5.78 Å². The number of hydrogen-bond acceptors (Lipinski definition) is 3. The Hall–Kier alpha value is -0.450. The van der Waals surface area contributed by atoms with E-state index in [1.54, 1.807) is 0 Å². The van der Waals surface area contributed by atoms with Crippen LogP contribution in [0.15, 0.2) is 28.5 Å². The number of thioether (sulfide) groups is 2. The van der Waals surface area contributed by atoms with Crippen LogP contribution in [0.5, 0.6) is 0 Å². The van der Waals surface area contributed by atoms with Gasteiger partial charge in [0.1, 0.15) is 5.82 Å². The molecule has 1 aromatic carbocycles. The largest absolute Gasteiger partial charge is 0.289 e. The van der Waals surface area contributed by atoms with Crippen LogP contribution in [-0.2, 0) is 0 Å². The Morgan fingerprint density at radius 3 is 2.44 bits per heavy atom. The second kappa shape index (κ2) is 6.33. The van der Waals surface area contributed by atoms with E-state index in [1.165, 1.54) is 47.8 Å². The molecule has 1 rings (SSSR count). The molecule has 0 radical (unpaired) electrons. The van der Waals surface area contributed by atoms with Crippen molar-refractivity contribution in [2.75, 3.05) is 12.5 Å². The fourth-order valence-electron chi connectivity index (χ4n) is 1.09. The minimum absolute atomic E-state index is 0.228. The minimum atomic E-state index is -0.501. The monoisotopic (exact) mass is 276 g/mol. The van der Waals surface area contributed by atoms with Crippen molar-refractivity contribution in [1.82, 2.24) is 0 Å². The first-order valence-corrected chi connectivity index (χ1v) is 7.19. The zero-order valence-electron chi connectivity index (χ0n) is 8.79. The summed E-state index contributed by atoms with van der Waals surface area (Å²) in [5.74, 6) is -0.737. The predicted molar refractivity (Wildman–Crippen MR) is 70.9 cm³/mol. The number of ketones is 1. The lowest BCUT2D eigenvalue weighted by Crippen LogP contribution is -1.96. The van der Waals surface area contributed by atoms with Gasteiger partial charge in [-0.2, -0.15) is 0 Å². The van der Waals surface area contributed by atoms with E-state index >= 15 is 0 Å². The van der Waals surface area contributed by atoms with Crippen molar-refractivity contribution in [1.29, 1.82) is 0 Å². The molecule has 0 saturated carbocycles. The first kappa shape index (κ1) is 13.6. The van der Waals surface area contributed by atoms with Gasteiger partial charge in [-0.3, -0.25) is 4.79 Å². The van der Waals surface area contributed by atoms with Crippen molar-refractivity contribution < 1.29 is 9.18 Å². The van der Waals surface area contributed by atoms with E-state index in [0.29, 0.717) is 0 Å². The minimum Gasteiger partial charge on any atom is -0.289 e. The molecular weight excluding hydrogens is 267 g/mol. The summed E-state index contributed by atoms with van der Waals surface area (Å²) in [6.45, 7) is 0. The number of hydrogen-bond donors (Lipinski definition) is 0. The van der Waals surface area contributed by atoms with Crippen molar-refractivity contribution in [3.05, 3.63) is 44.9 Å². The molecule has 1 aromatic rings. The molecule has 16 heavy (non-hydrogen) atoms. The van der Waals surface area contributed by atoms with Crippen LogP contribution in [0.2, 0.25) is 5.02 Å². The zero-order valence-corrected chi connectivity index (χ0v) is 11.2. The lowest BCUT2D eigenvalue weighted by Gasteiger charge is -2.00. The summed E-state index contributed by atoms with van der Waals surface area (Å²) in [6.07, 6.45) is 5.25. The lowest BCUT2D eigenvalue weighted by atomic mass is 10.1. The third-order valence-electron chi connectivity index (χ3n) is 1.80. The van der Waals surface area contributed by atoms with Gasteiger partial charge in [0.05, 0.1) is 0 Å². The summed E-state index contributed by atoms with van der Waals surface area (Å²) >= 11 is 8.63. The van der Waals surface area contributed by atoms with Gasteiger partial charge in [0.25, 0.3) is 0 Å². The van der Waals surface area contributed by atoms with Gasteiger partial charge in [-0.1, -0.05) is 11.6 Å². The standard InChI is InChI=1S/C11H10ClFOS2/c1-15-11(16-2)6-10(14)7-3-8(12)5-9(13)4-7/h3-6H,1-2H3. The number of carbonyl (C=O) groups is 1. The number of halogens is 2. The Labute approximate surface area is 107 Å². The average molecular weight is 277 g/mol. The fraction of sp³-hybridized carbons (Fsp3) is 0.182. The summed E-state index contributed by atoms with van der Waals surface area (Å²) in [7, 11) is 0. The summed E-state index contributed by atoms with van der Waals surface area (Å²) in [6, 6.07) is 3.82. The molecule has 0 aliphatic carbocycles. The van der Waals surface area contributed by atoms with Crippen LogP contribution in [0, 0.1) is 5.82 Å². The molecule has 0 amide bonds. The van der Waals surface area contributed by atoms with Crippen LogP contribution < -0.4 is 0 Å². The topological polar surface area (TPSA) is 17.1 Å². The molecule has 0 fully saturated rings. The third kappa shape index (κ3) is 3.85. The molecule has 0 spiro atoms. The van der Waals surface area contributed by atoms with Gasteiger partial charge >= 0.3 is 0 Å². The van der Waals surface area contributed by atoms with Crippen molar-refractivity contribution >= 4 is 40.9 Å². The number of benzene rings is 1. The van der Waals surface area contributed by atoms with Gasteiger partial charge < -0.3 is 0 Å². The molecule has 0 saturated heterocycles. The molecule has 0 N–H and O–H groups in total. The van der Waals surface area contributed by atoms with E-state index in [4.69, 9.17) is 11.6 Å². The van der Waals surface area contributed by atoms with Gasteiger partial charge in [0.2, 0.25) is 0 Å². The first-order chi connectivity index (χ1) is 7.56. The molecule has 0 aliphatic heterocycles. The van der Waals surface area contributed by atoms with Crippen LogP contribution in [-0.4, -0.2) is 18.3 Å². The summed E-state index contributed by atoms with van der Waals surface area (Å²) < 4.78 is 13.9. The zero-order chi connectivity index (χ0) is 12.1. The third-order valence-corrected chi connectivity index (χ3v) is 4.06. The Morgan fingerprint density at radius 1 is 1.31 bits per heavy atom. The summed E-state index contributed by atoms with van der Waals surface area (Å²) in [4.78, 5) is 11.7. The maximum absolute atomic E-state index is 13.0. The van der Waals surface area contributed by atoms with E-state index in [0.717, 1.165) is 4.24 Å². The highest BCUT2D eigenvalue weighted by atomic mass is 35.5. The summed E-state index contributed by atoms with van der Waals surface area (Å²) in [5, 5.41) is 0.228. The highest BCUT2D eigenvalue weighted by molar-refractivity contribution is 8.21. The molecule has 1 nitrogen and oxygen atoms in total. The van der Waals surface area contributed by atoms with E-state index < -0.39 is 5.82 Å². The lowest BCUT2D eigenvalue weighted by molar-refractivity contribution is 0.104. The Morgan fingerprint density at radius 2 is 1.94 bits per heavy atom. The molecule has 86 valence electrons. The quantitative estimate of drug-likeness (QED) is 0.605. The van der Waals surface area contributed by atoms with Gasteiger partial charge in [-0.25, -0.2) is 4.39 Å². The molecular formula is C11H10ClFOS2. The van der Waals surface area contributed by atoms with Crippen molar-refractivity contribution in [3.8, 4) is 0 Å². The first-order valence-electron chi connectivity index (χ1n) is 4.37. The normalized spacial score (nSPS) is 10.0. The van der Waals surface area contributed by atoms with Crippen LogP contribution in [0.25, 0.3) is 0 Å². The van der Waals surface area contributed by atoms with E-state index in [1.807, 2.05) is 12.5 Å². The Kier molecular flexibility index (Phi) is 5.38. The number of rotatable bonds is 4. The van der Waals surface area contributed by atoms with Crippen LogP contribution in [0.4, 0.5) is 4.39 Å². The maximum Gasteiger partial charge on any atom is 0.187 e. The molecule has 0 aromatic heterocycles. The molecule has 0 atom stereocenters. The molecule has 0 aliphatic rings. The molecule has 0 unspecified atom stereocenters. The van der Waals surface area contributed by atoms with Crippen LogP contribution >= 0.6 is 35.1 Å². The van der Waals surface area contributed by atoms with Crippen molar-refractivity contribution in [2.45, 2.75) is 0 Å². The second-order valence-electron chi connectivity index (χ2n) is 2.89. The SMILES string of the molecule is CSC(=CC(=O)c1cc(F)cc(Cl)c1)SC. The van der Waals surface area contributed by atoms with Crippen LogP contribution in [0.1, 0.15) is 10.4 Å². The number of allylic oxidation sites excluding steroid dienone is 1. The molecule has 0 heterocycles. The van der Waals surface area contributed by atoms with Gasteiger partial charge in [-0.05, 0) is 30.7 Å². The number of carbonyl (C=O) groups excluding carboxylic acids is 1. The van der Waals surface area contributed by atoms with Crippen molar-refractivity contribution in [2.24, 2.45) is 0 Å². The maximum atomic E-state index is 13.0. The molecule has 0 bridgehead atoms. The Balaban J connectivity index is 3.01. The highest BCUT2D eigenvalue weighted by Gasteiger charge is 2.07. The van der Waals surface area contributed by atoms with E-state index in [9.17, 15) is 9.18 Å². The fourth-order valence-corrected chi connectivity index (χ4v) is 2.43. The van der Waals surface area contributed by atoms with E-state index in [-0.39, 0.29) is 16.4 Å². The van der Waals surface area contributed by atoms with Gasteiger partial charge in [0, 0.05) is 20.9 Å². The smallest absolute Gasteiger partial charge is 0.187 e.